The zero-order valence-electron chi connectivity index (χ0n) is 14.9. The number of aromatic nitrogens is 3. The minimum atomic E-state index is -0.447. The highest BCUT2D eigenvalue weighted by molar-refractivity contribution is 5.88. The van der Waals surface area contributed by atoms with Gasteiger partial charge in [-0.2, -0.15) is 15.4 Å². The molecule has 0 spiro atoms. The first-order valence-electron chi connectivity index (χ1n) is 8.80. The Morgan fingerprint density at radius 2 is 2.15 bits per heavy atom. The fourth-order valence-electron chi connectivity index (χ4n) is 3.02. The Balaban J connectivity index is 1.54. The van der Waals surface area contributed by atoms with E-state index < -0.39 is 6.04 Å². The number of amides is 2. The molecule has 3 rings (SSSR count). The number of nitrogens with zero attached hydrogens (tertiary/aromatic N) is 3. The van der Waals surface area contributed by atoms with E-state index in [9.17, 15) is 9.59 Å². The van der Waals surface area contributed by atoms with E-state index in [0.29, 0.717) is 26.1 Å². The number of hydrogen-bond donors (Lipinski definition) is 3. The number of aromatic amines is 1. The van der Waals surface area contributed by atoms with Crippen molar-refractivity contribution in [3.8, 4) is 0 Å². The lowest BCUT2D eigenvalue weighted by Gasteiger charge is -2.34. The number of carbonyl (C=O) groups is 2. The van der Waals surface area contributed by atoms with Gasteiger partial charge in [-0.15, -0.1) is 0 Å². The molecule has 26 heavy (non-hydrogen) atoms. The second kappa shape index (κ2) is 8.57. The molecule has 138 valence electrons. The van der Waals surface area contributed by atoms with E-state index in [-0.39, 0.29) is 18.2 Å². The first-order chi connectivity index (χ1) is 12.6. The van der Waals surface area contributed by atoms with E-state index >= 15 is 0 Å². The fourth-order valence-corrected chi connectivity index (χ4v) is 3.02. The maximum absolute atomic E-state index is 12.3. The summed E-state index contributed by atoms with van der Waals surface area (Å²) in [5.74, 6) is -0.223. The zero-order valence-corrected chi connectivity index (χ0v) is 14.9. The van der Waals surface area contributed by atoms with Crippen LogP contribution in [0, 0.1) is 6.92 Å². The smallest absolute Gasteiger partial charge is 0.237 e. The molecule has 2 aromatic rings. The quantitative estimate of drug-likeness (QED) is 0.656. The van der Waals surface area contributed by atoms with Crippen molar-refractivity contribution in [3.05, 3.63) is 47.3 Å². The molecule has 0 bridgehead atoms. The maximum atomic E-state index is 12.3. The lowest BCUT2D eigenvalue weighted by atomic mass is 10.1. The summed E-state index contributed by atoms with van der Waals surface area (Å²) in [5.41, 5.74) is 3.14. The van der Waals surface area contributed by atoms with E-state index in [0.717, 1.165) is 17.8 Å². The van der Waals surface area contributed by atoms with Crippen LogP contribution in [0.1, 0.15) is 23.2 Å². The lowest BCUT2D eigenvalue weighted by molar-refractivity contribution is -0.134. The summed E-state index contributed by atoms with van der Waals surface area (Å²) >= 11 is 0. The van der Waals surface area contributed by atoms with E-state index in [1.54, 1.807) is 6.20 Å². The standard InChI is InChI=1S/C18H24N6O2/c1-13-2-4-14(5-3-13)12-24-9-8-20-18(26)16(24)10-17(25)19-7-6-15-11-21-23-22-15/h2-5,11,16H,6-10,12H2,1H3,(H,19,25)(H,20,26)(H,21,22,23)/t16-/m1/s1. The Kier molecular flexibility index (Phi) is 5.96. The Bertz CT molecular complexity index is 729. The highest BCUT2D eigenvalue weighted by atomic mass is 16.2. The molecule has 1 aromatic carbocycles. The van der Waals surface area contributed by atoms with Gasteiger partial charge in [0.25, 0.3) is 0 Å². The molecule has 1 aromatic heterocycles. The van der Waals surface area contributed by atoms with Gasteiger partial charge in [0.1, 0.15) is 0 Å². The van der Waals surface area contributed by atoms with Gasteiger partial charge < -0.3 is 10.6 Å². The van der Waals surface area contributed by atoms with Crippen LogP contribution in [0.3, 0.4) is 0 Å². The topological polar surface area (TPSA) is 103 Å². The molecule has 1 aliphatic rings. The summed E-state index contributed by atoms with van der Waals surface area (Å²) in [7, 11) is 0. The van der Waals surface area contributed by atoms with E-state index in [4.69, 9.17) is 0 Å². The third-order valence-corrected chi connectivity index (χ3v) is 4.49. The molecular weight excluding hydrogens is 332 g/mol. The number of piperazine rings is 1. The summed E-state index contributed by atoms with van der Waals surface area (Å²) < 4.78 is 0. The predicted octanol–water partition coefficient (Wildman–Crippen LogP) is 0.163. The molecule has 0 saturated carbocycles. The number of hydrogen-bond acceptors (Lipinski definition) is 5. The monoisotopic (exact) mass is 356 g/mol. The van der Waals surface area contributed by atoms with Gasteiger partial charge >= 0.3 is 0 Å². The van der Waals surface area contributed by atoms with Crippen LogP contribution in [0.25, 0.3) is 0 Å². The van der Waals surface area contributed by atoms with Crippen LogP contribution in [0.15, 0.2) is 30.5 Å². The molecule has 0 aliphatic carbocycles. The zero-order chi connectivity index (χ0) is 18.4. The molecule has 8 nitrogen and oxygen atoms in total. The summed E-state index contributed by atoms with van der Waals surface area (Å²) in [6, 6.07) is 7.81. The predicted molar refractivity (Wildman–Crippen MR) is 96.1 cm³/mol. The van der Waals surface area contributed by atoms with Crippen molar-refractivity contribution >= 4 is 11.8 Å². The molecule has 0 unspecified atom stereocenters. The fraction of sp³-hybridized carbons (Fsp3) is 0.444. The van der Waals surface area contributed by atoms with Crippen molar-refractivity contribution in [2.75, 3.05) is 19.6 Å². The van der Waals surface area contributed by atoms with Crippen LogP contribution in [-0.2, 0) is 22.6 Å². The van der Waals surface area contributed by atoms with Crippen molar-refractivity contribution < 1.29 is 9.59 Å². The Labute approximate surface area is 152 Å². The van der Waals surface area contributed by atoms with Crippen molar-refractivity contribution in [2.24, 2.45) is 0 Å². The van der Waals surface area contributed by atoms with Gasteiger partial charge in [0.15, 0.2) is 0 Å². The van der Waals surface area contributed by atoms with Crippen LogP contribution in [0.2, 0.25) is 0 Å². The highest BCUT2D eigenvalue weighted by Gasteiger charge is 2.31. The Morgan fingerprint density at radius 1 is 1.35 bits per heavy atom. The molecule has 3 N–H and O–H groups in total. The van der Waals surface area contributed by atoms with Crippen LogP contribution < -0.4 is 10.6 Å². The SMILES string of the molecule is Cc1ccc(CN2CCNC(=O)[C@H]2CC(=O)NCCc2cn[nH]n2)cc1. The number of nitrogens with one attached hydrogen (secondary N) is 3. The van der Waals surface area contributed by atoms with Gasteiger partial charge in [-0.25, -0.2) is 0 Å². The highest BCUT2D eigenvalue weighted by Crippen LogP contribution is 2.14. The summed E-state index contributed by atoms with van der Waals surface area (Å²) in [6.07, 6.45) is 2.38. The summed E-state index contributed by atoms with van der Waals surface area (Å²) in [5, 5.41) is 15.9. The number of benzene rings is 1. The molecule has 1 atom stereocenters. The number of aryl methyl sites for hydroxylation is 1. The first kappa shape index (κ1) is 18.1. The summed E-state index contributed by atoms with van der Waals surface area (Å²) in [4.78, 5) is 26.6. The molecule has 1 saturated heterocycles. The largest absolute Gasteiger partial charge is 0.356 e. The van der Waals surface area contributed by atoms with Crippen LogP contribution in [-0.4, -0.2) is 57.8 Å². The van der Waals surface area contributed by atoms with Crippen LogP contribution >= 0.6 is 0 Å². The van der Waals surface area contributed by atoms with E-state index in [2.05, 4.69) is 55.2 Å². The molecule has 0 radical (unpaired) electrons. The minimum Gasteiger partial charge on any atom is -0.356 e. The Morgan fingerprint density at radius 3 is 2.88 bits per heavy atom. The minimum absolute atomic E-state index is 0.0880. The number of carbonyl (C=O) groups excluding carboxylic acids is 2. The van der Waals surface area contributed by atoms with Crippen molar-refractivity contribution in [1.82, 2.24) is 30.9 Å². The second-order valence-electron chi connectivity index (χ2n) is 6.53. The van der Waals surface area contributed by atoms with Gasteiger partial charge in [0.2, 0.25) is 11.8 Å². The summed E-state index contributed by atoms with van der Waals surface area (Å²) in [6.45, 7) is 4.51. The first-order valence-corrected chi connectivity index (χ1v) is 8.80. The average molecular weight is 356 g/mol. The molecule has 1 fully saturated rings. The third kappa shape index (κ3) is 4.89. The van der Waals surface area contributed by atoms with Crippen molar-refractivity contribution in [3.63, 3.8) is 0 Å². The number of rotatable bonds is 7. The maximum Gasteiger partial charge on any atom is 0.237 e. The van der Waals surface area contributed by atoms with Crippen LogP contribution in [0.5, 0.6) is 0 Å². The van der Waals surface area contributed by atoms with Gasteiger partial charge in [-0.1, -0.05) is 29.8 Å². The molecule has 8 heteroatoms. The Hall–Kier alpha value is -2.74. The van der Waals surface area contributed by atoms with Gasteiger partial charge in [-0.3, -0.25) is 14.5 Å². The van der Waals surface area contributed by atoms with Crippen molar-refractivity contribution in [1.29, 1.82) is 0 Å². The van der Waals surface area contributed by atoms with Gasteiger partial charge in [0.05, 0.1) is 24.4 Å². The van der Waals surface area contributed by atoms with Crippen LogP contribution in [0.4, 0.5) is 0 Å². The third-order valence-electron chi connectivity index (χ3n) is 4.49. The average Bonchev–Trinajstić information content (AvgIpc) is 3.13. The molecule has 2 heterocycles. The van der Waals surface area contributed by atoms with E-state index in [1.165, 1.54) is 5.56 Å². The molecule has 2 amide bonds. The normalized spacial score (nSPS) is 17.7. The lowest BCUT2D eigenvalue weighted by Crippen LogP contribution is -2.56. The van der Waals surface area contributed by atoms with E-state index in [1.807, 2.05) is 6.92 Å². The van der Waals surface area contributed by atoms with Gasteiger partial charge in [-0.05, 0) is 12.5 Å². The number of H-pyrrole nitrogens is 1. The molecule has 1 aliphatic heterocycles. The molecular formula is C18H24N6O2. The van der Waals surface area contributed by atoms with Crippen molar-refractivity contribution in [2.45, 2.75) is 32.4 Å². The van der Waals surface area contributed by atoms with Gasteiger partial charge in [0, 0.05) is 32.6 Å². The second-order valence-corrected chi connectivity index (χ2v) is 6.53.